The van der Waals surface area contributed by atoms with Crippen molar-refractivity contribution in [1.29, 1.82) is 5.26 Å². The predicted molar refractivity (Wildman–Crippen MR) is 55.0 cm³/mol. The molecule has 2 aliphatic carbocycles. The maximum Gasteiger partial charge on any atom is 0.138 e. The molecule has 78 valence electrons. The van der Waals surface area contributed by atoms with E-state index in [9.17, 15) is 0 Å². The summed E-state index contributed by atoms with van der Waals surface area (Å²) in [4.78, 5) is 4.15. The maximum atomic E-state index is 9.15. The minimum absolute atomic E-state index is 0.180. The first-order chi connectivity index (χ1) is 7.38. The highest BCUT2D eigenvalue weighted by Crippen LogP contribution is 2.37. The number of nitrogens with one attached hydrogen (secondary N) is 1. The normalized spacial score (nSPS) is 22.3. The summed E-state index contributed by atoms with van der Waals surface area (Å²) in [5, 5.41) is 12.5. The van der Waals surface area contributed by atoms with E-state index in [0.717, 1.165) is 5.69 Å². The largest absolute Gasteiger partial charge is 0.329 e. The summed E-state index contributed by atoms with van der Waals surface area (Å²) >= 11 is 0. The Balaban J connectivity index is 1.81. The lowest BCUT2D eigenvalue weighted by molar-refractivity contribution is 0.571. The smallest absolute Gasteiger partial charge is 0.138 e. The van der Waals surface area contributed by atoms with Gasteiger partial charge in [-0.15, -0.1) is 0 Å². The van der Waals surface area contributed by atoms with E-state index in [4.69, 9.17) is 5.26 Å². The second-order valence-electron chi connectivity index (χ2n) is 4.46. The Morgan fingerprint density at radius 1 is 1.47 bits per heavy atom. The first kappa shape index (κ1) is 8.93. The molecule has 0 amide bonds. The quantitative estimate of drug-likeness (QED) is 0.805. The summed E-state index contributed by atoms with van der Waals surface area (Å²) in [7, 11) is 0. The molecule has 1 aromatic rings. The summed E-state index contributed by atoms with van der Waals surface area (Å²) in [5.74, 6) is 0. The van der Waals surface area contributed by atoms with Gasteiger partial charge in [0, 0.05) is 12.1 Å². The van der Waals surface area contributed by atoms with Crippen LogP contribution in [0, 0.1) is 11.3 Å². The molecule has 2 aliphatic rings. The minimum atomic E-state index is -0.180. The number of nitrogens with zero attached hydrogens (tertiary/aromatic N) is 3. The zero-order valence-electron chi connectivity index (χ0n) is 8.56. The van der Waals surface area contributed by atoms with Crippen LogP contribution in [0.2, 0.25) is 0 Å². The molecule has 2 fully saturated rings. The Kier molecular flexibility index (Phi) is 2.00. The molecule has 0 aliphatic heterocycles. The summed E-state index contributed by atoms with van der Waals surface area (Å²) in [6.45, 7) is 0. The second-order valence-corrected chi connectivity index (χ2v) is 4.46. The van der Waals surface area contributed by atoms with E-state index >= 15 is 0 Å². The molecular weight excluding hydrogens is 188 g/mol. The van der Waals surface area contributed by atoms with Crippen LogP contribution < -0.4 is 5.32 Å². The van der Waals surface area contributed by atoms with Crippen molar-refractivity contribution in [3.63, 3.8) is 0 Å². The molecule has 2 saturated carbocycles. The molecule has 1 atom stereocenters. The van der Waals surface area contributed by atoms with E-state index in [0.29, 0.717) is 12.1 Å². The molecule has 3 rings (SSSR count). The topological polar surface area (TPSA) is 53.6 Å². The van der Waals surface area contributed by atoms with Crippen molar-refractivity contribution in [1.82, 2.24) is 14.9 Å². The van der Waals surface area contributed by atoms with Gasteiger partial charge in [-0.25, -0.2) is 4.98 Å². The van der Waals surface area contributed by atoms with E-state index in [1.165, 1.54) is 25.7 Å². The van der Waals surface area contributed by atoms with Crippen LogP contribution in [0.3, 0.4) is 0 Å². The molecule has 0 spiro atoms. The maximum absolute atomic E-state index is 9.15. The van der Waals surface area contributed by atoms with Crippen LogP contribution >= 0.6 is 0 Å². The molecule has 4 nitrogen and oxygen atoms in total. The molecule has 1 unspecified atom stereocenters. The van der Waals surface area contributed by atoms with Gasteiger partial charge in [0.1, 0.15) is 6.04 Å². The zero-order chi connectivity index (χ0) is 10.3. The van der Waals surface area contributed by atoms with Gasteiger partial charge in [-0.05, 0) is 25.7 Å². The molecule has 0 saturated heterocycles. The van der Waals surface area contributed by atoms with Crippen LogP contribution in [0.15, 0.2) is 12.5 Å². The van der Waals surface area contributed by atoms with Crippen LogP contribution in [0.5, 0.6) is 0 Å². The molecule has 0 aromatic carbocycles. The van der Waals surface area contributed by atoms with Crippen molar-refractivity contribution in [2.45, 2.75) is 43.8 Å². The second kappa shape index (κ2) is 3.35. The first-order valence-corrected chi connectivity index (χ1v) is 5.56. The van der Waals surface area contributed by atoms with Gasteiger partial charge in [-0.2, -0.15) is 5.26 Å². The number of imidazole rings is 1. The monoisotopic (exact) mass is 202 g/mol. The van der Waals surface area contributed by atoms with Crippen molar-refractivity contribution in [2.24, 2.45) is 0 Å². The number of hydrogen-bond acceptors (Lipinski definition) is 3. The van der Waals surface area contributed by atoms with Crippen LogP contribution in [0.25, 0.3) is 0 Å². The average molecular weight is 202 g/mol. The fraction of sp³-hybridized carbons (Fsp3) is 0.636. The van der Waals surface area contributed by atoms with Gasteiger partial charge in [0.15, 0.2) is 0 Å². The molecule has 1 N–H and O–H groups in total. The Morgan fingerprint density at radius 2 is 2.27 bits per heavy atom. The summed E-state index contributed by atoms with van der Waals surface area (Å²) in [6, 6.07) is 3.30. The minimum Gasteiger partial charge on any atom is -0.329 e. The van der Waals surface area contributed by atoms with E-state index in [-0.39, 0.29) is 6.04 Å². The Morgan fingerprint density at radius 3 is 2.87 bits per heavy atom. The lowest BCUT2D eigenvalue weighted by Gasteiger charge is -2.13. The SMILES string of the molecule is N#CC(NC1CC1)c1cncn1C1CC1. The van der Waals surface area contributed by atoms with Gasteiger partial charge in [0.2, 0.25) is 0 Å². The number of rotatable bonds is 4. The van der Waals surface area contributed by atoms with Crippen LogP contribution in [0.1, 0.15) is 43.5 Å². The van der Waals surface area contributed by atoms with Crippen molar-refractivity contribution in [2.75, 3.05) is 0 Å². The van der Waals surface area contributed by atoms with Crippen LogP contribution in [-0.4, -0.2) is 15.6 Å². The summed E-state index contributed by atoms with van der Waals surface area (Å²) in [5.41, 5.74) is 1.03. The molecule has 15 heavy (non-hydrogen) atoms. The lowest BCUT2D eigenvalue weighted by Crippen LogP contribution is -2.24. The Hall–Kier alpha value is -1.34. The highest BCUT2D eigenvalue weighted by atomic mass is 15.1. The third-order valence-corrected chi connectivity index (χ3v) is 3.04. The van der Waals surface area contributed by atoms with Gasteiger partial charge in [0.25, 0.3) is 0 Å². The molecule has 0 radical (unpaired) electrons. The molecule has 1 aromatic heterocycles. The Labute approximate surface area is 88.9 Å². The average Bonchev–Trinajstić information content (AvgIpc) is 3.16. The zero-order valence-corrected chi connectivity index (χ0v) is 8.56. The standard InChI is InChI=1S/C11H14N4/c12-5-10(14-8-1-2-8)11-6-13-7-15(11)9-3-4-9/h6-10,14H,1-4H2. The van der Waals surface area contributed by atoms with Crippen molar-refractivity contribution < 1.29 is 0 Å². The number of aromatic nitrogens is 2. The lowest BCUT2D eigenvalue weighted by atomic mass is 10.2. The first-order valence-electron chi connectivity index (χ1n) is 5.56. The van der Waals surface area contributed by atoms with Crippen LogP contribution in [-0.2, 0) is 0 Å². The van der Waals surface area contributed by atoms with Gasteiger partial charge < -0.3 is 4.57 Å². The van der Waals surface area contributed by atoms with Crippen LogP contribution in [0.4, 0.5) is 0 Å². The van der Waals surface area contributed by atoms with Gasteiger partial charge >= 0.3 is 0 Å². The van der Waals surface area contributed by atoms with Crippen molar-refractivity contribution >= 4 is 0 Å². The summed E-state index contributed by atoms with van der Waals surface area (Å²) < 4.78 is 2.16. The molecule has 4 heteroatoms. The number of nitriles is 1. The van der Waals surface area contributed by atoms with Crippen molar-refractivity contribution in [3.8, 4) is 6.07 Å². The van der Waals surface area contributed by atoms with E-state index in [1.807, 2.05) is 12.5 Å². The molecule has 0 bridgehead atoms. The van der Waals surface area contributed by atoms with Gasteiger partial charge in [0.05, 0.1) is 24.3 Å². The Bertz CT molecular complexity index is 395. The summed E-state index contributed by atoms with van der Waals surface area (Å²) in [6.07, 6.45) is 8.54. The molecular formula is C11H14N4. The highest BCUT2D eigenvalue weighted by molar-refractivity contribution is 5.17. The highest BCUT2D eigenvalue weighted by Gasteiger charge is 2.30. The van der Waals surface area contributed by atoms with E-state index in [2.05, 4.69) is 20.9 Å². The molecule has 1 heterocycles. The van der Waals surface area contributed by atoms with Crippen molar-refractivity contribution in [3.05, 3.63) is 18.2 Å². The number of hydrogen-bond donors (Lipinski definition) is 1. The fourth-order valence-electron chi connectivity index (χ4n) is 1.87. The fourth-order valence-corrected chi connectivity index (χ4v) is 1.87. The third kappa shape index (κ3) is 1.75. The van der Waals surface area contributed by atoms with Gasteiger partial charge in [-0.1, -0.05) is 0 Å². The third-order valence-electron chi connectivity index (χ3n) is 3.04. The van der Waals surface area contributed by atoms with E-state index in [1.54, 1.807) is 0 Å². The van der Waals surface area contributed by atoms with E-state index < -0.39 is 0 Å². The predicted octanol–water partition coefficient (Wildman–Crippen LogP) is 1.53. The van der Waals surface area contributed by atoms with Gasteiger partial charge in [-0.3, -0.25) is 5.32 Å².